The number of benzene rings is 1. The molecular formula is C14H11N3O3. The van der Waals surface area contributed by atoms with Crippen LogP contribution in [-0.2, 0) is 6.61 Å². The normalized spacial score (nSPS) is 10.6. The van der Waals surface area contributed by atoms with Gasteiger partial charge < -0.3 is 9.84 Å². The molecule has 1 aromatic carbocycles. The summed E-state index contributed by atoms with van der Waals surface area (Å²) in [4.78, 5) is 15.1. The second-order valence-corrected chi connectivity index (χ2v) is 4.15. The first-order valence-corrected chi connectivity index (χ1v) is 5.99. The summed E-state index contributed by atoms with van der Waals surface area (Å²) in [6.07, 6.45) is 1.57. The van der Waals surface area contributed by atoms with E-state index < -0.39 is 5.97 Å². The van der Waals surface area contributed by atoms with Gasteiger partial charge in [-0.15, -0.1) is 5.10 Å². The van der Waals surface area contributed by atoms with Crippen LogP contribution in [0, 0.1) is 0 Å². The maximum absolute atomic E-state index is 10.9. The molecule has 1 N–H and O–H groups in total. The number of ether oxygens (including phenoxy) is 1. The van der Waals surface area contributed by atoms with Crippen LogP contribution in [0.5, 0.6) is 5.75 Å². The molecule has 6 nitrogen and oxygen atoms in total. The monoisotopic (exact) mass is 269 g/mol. The summed E-state index contributed by atoms with van der Waals surface area (Å²) in [7, 11) is 0. The first-order chi connectivity index (χ1) is 9.72. The summed E-state index contributed by atoms with van der Waals surface area (Å²) in [6.45, 7) is 0.230. The third kappa shape index (κ3) is 2.44. The lowest BCUT2D eigenvalue weighted by molar-refractivity contribution is 0.0697. The van der Waals surface area contributed by atoms with Gasteiger partial charge in [0, 0.05) is 6.20 Å². The Kier molecular flexibility index (Phi) is 3.04. The van der Waals surface area contributed by atoms with Crippen molar-refractivity contribution in [1.82, 2.24) is 14.6 Å². The molecule has 3 aromatic rings. The lowest BCUT2D eigenvalue weighted by Crippen LogP contribution is -1.98. The van der Waals surface area contributed by atoms with E-state index in [0.717, 1.165) is 5.75 Å². The summed E-state index contributed by atoms with van der Waals surface area (Å²) in [6, 6.07) is 12.3. The summed E-state index contributed by atoms with van der Waals surface area (Å²) >= 11 is 0. The number of pyridine rings is 1. The van der Waals surface area contributed by atoms with Crippen molar-refractivity contribution >= 4 is 11.6 Å². The van der Waals surface area contributed by atoms with Gasteiger partial charge in [-0.05, 0) is 24.3 Å². The van der Waals surface area contributed by atoms with Crippen LogP contribution in [0.4, 0.5) is 0 Å². The van der Waals surface area contributed by atoms with Gasteiger partial charge in [0.2, 0.25) is 0 Å². The van der Waals surface area contributed by atoms with E-state index in [1.165, 1.54) is 16.6 Å². The minimum absolute atomic E-state index is 0.181. The van der Waals surface area contributed by atoms with Gasteiger partial charge in [-0.3, -0.25) is 0 Å². The van der Waals surface area contributed by atoms with Crippen LogP contribution in [0.15, 0.2) is 48.7 Å². The van der Waals surface area contributed by atoms with Crippen LogP contribution in [-0.4, -0.2) is 25.7 Å². The predicted octanol–water partition coefficient (Wildman–Crippen LogP) is 2.01. The van der Waals surface area contributed by atoms with Crippen molar-refractivity contribution in [3.05, 3.63) is 60.0 Å². The topological polar surface area (TPSA) is 76.7 Å². The van der Waals surface area contributed by atoms with Crippen molar-refractivity contribution in [2.75, 3.05) is 0 Å². The van der Waals surface area contributed by atoms with Crippen LogP contribution in [0.1, 0.15) is 16.2 Å². The van der Waals surface area contributed by atoms with E-state index in [2.05, 4.69) is 10.1 Å². The lowest BCUT2D eigenvalue weighted by Gasteiger charge is -2.01. The summed E-state index contributed by atoms with van der Waals surface area (Å²) in [5, 5.41) is 13.1. The number of carboxylic acid groups (broad SMARTS) is 1. The van der Waals surface area contributed by atoms with E-state index in [1.807, 2.05) is 30.3 Å². The quantitative estimate of drug-likeness (QED) is 0.784. The maximum atomic E-state index is 10.9. The van der Waals surface area contributed by atoms with Crippen LogP contribution in [0.25, 0.3) is 5.65 Å². The third-order valence-corrected chi connectivity index (χ3v) is 2.74. The van der Waals surface area contributed by atoms with Gasteiger partial charge >= 0.3 is 5.97 Å². The Balaban J connectivity index is 1.80. The number of carboxylic acids is 1. The van der Waals surface area contributed by atoms with Gasteiger partial charge in [-0.25, -0.2) is 14.3 Å². The van der Waals surface area contributed by atoms with Crippen LogP contribution in [0.2, 0.25) is 0 Å². The van der Waals surface area contributed by atoms with E-state index in [4.69, 9.17) is 9.84 Å². The van der Waals surface area contributed by atoms with Crippen molar-refractivity contribution in [2.24, 2.45) is 0 Å². The molecule has 2 heterocycles. The van der Waals surface area contributed by atoms with Gasteiger partial charge in [0.15, 0.2) is 11.5 Å². The van der Waals surface area contributed by atoms with Crippen LogP contribution < -0.4 is 4.74 Å². The maximum Gasteiger partial charge on any atom is 0.335 e. The zero-order valence-electron chi connectivity index (χ0n) is 10.4. The highest BCUT2D eigenvalue weighted by Gasteiger charge is 2.08. The number of hydrogen-bond donors (Lipinski definition) is 1. The largest absolute Gasteiger partial charge is 0.486 e. The molecule has 0 aliphatic heterocycles. The molecule has 0 saturated carbocycles. The molecule has 0 atom stereocenters. The van der Waals surface area contributed by atoms with Crippen molar-refractivity contribution in [3.63, 3.8) is 0 Å². The fourth-order valence-electron chi connectivity index (χ4n) is 1.79. The number of rotatable bonds is 4. The molecule has 0 saturated heterocycles. The number of hydrogen-bond acceptors (Lipinski definition) is 4. The molecular weight excluding hydrogens is 258 g/mol. The first kappa shape index (κ1) is 12.2. The fourth-order valence-corrected chi connectivity index (χ4v) is 1.79. The Morgan fingerprint density at radius 1 is 1.25 bits per heavy atom. The van der Waals surface area contributed by atoms with E-state index >= 15 is 0 Å². The minimum atomic E-state index is -0.988. The average molecular weight is 269 g/mol. The van der Waals surface area contributed by atoms with E-state index in [1.54, 1.807) is 6.20 Å². The van der Waals surface area contributed by atoms with Gasteiger partial charge in [0.25, 0.3) is 0 Å². The molecule has 0 fully saturated rings. The van der Waals surface area contributed by atoms with Crippen molar-refractivity contribution in [3.8, 4) is 5.75 Å². The molecule has 6 heteroatoms. The van der Waals surface area contributed by atoms with Gasteiger partial charge in [0.05, 0.1) is 5.56 Å². The van der Waals surface area contributed by atoms with Gasteiger partial charge in [-0.2, -0.15) is 0 Å². The second-order valence-electron chi connectivity index (χ2n) is 4.15. The second kappa shape index (κ2) is 5.00. The predicted molar refractivity (Wildman–Crippen MR) is 70.7 cm³/mol. The number of para-hydroxylation sites is 1. The fraction of sp³-hybridized carbons (Fsp3) is 0.0714. The Morgan fingerprint density at radius 3 is 2.80 bits per heavy atom. The highest BCUT2D eigenvalue weighted by Crippen LogP contribution is 2.11. The van der Waals surface area contributed by atoms with Crippen molar-refractivity contribution in [1.29, 1.82) is 0 Å². The highest BCUT2D eigenvalue weighted by molar-refractivity contribution is 5.88. The zero-order chi connectivity index (χ0) is 13.9. The summed E-state index contributed by atoms with van der Waals surface area (Å²) in [5.74, 6) is 0.242. The molecule has 0 aliphatic carbocycles. The Hall–Kier alpha value is -2.89. The molecule has 0 spiro atoms. The summed E-state index contributed by atoms with van der Waals surface area (Å²) in [5.41, 5.74) is 0.664. The molecule has 20 heavy (non-hydrogen) atoms. The Morgan fingerprint density at radius 2 is 2.05 bits per heavy atom. The number of nitrogens with zero attached hydrogens (tertiary/aromatic N) is 3. The minimum Gasteiger partial charge on any atom is -0.486 e. The molecule has 100 valence electrons. The SMILES string of the molecule is O=C(O)c1ccn2nc(COc3ccccc3)nc2c1. The number of aromatic nitrogens is 3. The average Bonchev–Trinajstić information content (AvgIpc) is 2.88. The van der Waals surface area contributed by atoms with Crippen molar-refractivity contribution in [2.45, 2.75) is 6.61 Å². The molecule has 0 radical (unpaired) electrons. The van der Waals surface area contributed by atoms with Crippen LogP contribution >= 0.6 is 0 Å². The molecule has 2 aromatic heterocycles. The van der Waals surface area contributed by atoms with E-state index in [0.29, 0.717) is 11.5 Å². The zero-order valence-corrected chi connectivity index (χ0v) is 10.4. The van der Waals surface area contributed by atoms with Crippen LogP contribution in [0.3, 0.4) is 0 Å². The van der Waals surface area contributed by atoms with E-state index in [-0.39, 0.29) is 12.2 Å². The number of fused-ring (bicyclic) bond motifs is 1. The Bertz CT molecular complexity index is 753. The molecule has 3 rings (SSSR count). The highest BCUT2D eigenvalue weighted by atomic mass is 16.5. The van der Waals surface area contributed by atoms with Crippen molar-refractivity contribution < 1.29 is 14.6 Å². The smallest absolute Gasteiger partial charge is 0.335 e. The van der Waals surface area contributed by atoms with Gasteiger partial charge in [0.1, 0.15) is 12.4 Å². The standard InChI is InChI=1S/C14H11N3O3/c18-14(19)10-6-7-17-13(8-10)15-12(16-17)9-20-11-4-2-1-3-5-11/h1-8H,9H2,(H,18,19). The molecule has 0 amide bonds. The number of carbonyl (C=O) groups is 1. The lowest BCUT2D eigenvalue weighted by atomic mass is 10.3. The Labute approximate surface area is 114 Å². The molecule has 0 unspecified atom stereocenters. The number of aromatic carboxylic acids is 1. The van der Waals surface area contributed by atoms with Gasteiger partial charge in [-0.1, -0.05) is 18.2 Å². The summed E-state index contributed by atoms with van der Waals surface area (Å²) < 4.78 is 7.07. The third-order valence-electron chi connectivity index (χ3n) is 2.74. The van der Waals surface area contributed by atoms with E-state index in [9.17, 15) is 4.79 Å². The molecule has 0 bridgehead atoms. The first-order valence-electron chi connectivity index (χ1n) is 5.99. The molecule has 0 aliphatic rings.